The lowest BCUT2D eigenvalue weighted by Gasteiger charge is -2.08. The van der Waals surface area contributed by atoms with Crippen LogP contribution in [0.25, 0.3) is 0 Å². The van der Waals surface area contributed by atoms with Crippen LogP contribution in [0.1, 0.15) is 50.8 Å². The van der Waals surface area contributed by atoms with Crippen molar-refractivity contribution < 1.29 is 4.79 Å². The molecule has 1 fully saturated rings. The van der Waals surface area contributed by atoms with Gasteiger partial charge >= 0.3 is 0 Å². The molecule has 0 amide bonds. The van der Waals surface area contributed by atoms with Crippen LogP contribution in [0.2, 0.25) is 0 Å². The molecule has 0 atom stereocenters. The molecule has 100 valence electrons. The molecule has 4 nitrogen and oxygen atoms in total. The van der Waals surface area contributed by atoms with Crippen LogP contribution in [-0.2, 0) is 11.2 Å². The second-order valence-corrected chi connectivity index (χ2v) is 5.12. The molecule has 1 N–H and O–H groups in total. The number of carbonyl (C=O) groups is 1. The number of carbonyl (C=O) groups excluding carboxylic acids is 1. The average molecular weight is 249 g/mol. The van der Waals surface area contributed by atoms with E-state index in [1.54, 1.807) is 0 Å². The maximum atomic E-state index is 11.7. The summed E-state index contributed by atoms with van der Waals surface area (Å²) in [5.74, 6) is 0.222. The Hall–Kier alpha value is -1.16. The van der Waals surface area contributed by atoms with Gasteiger partial charge in [0.1, 0.15) is 0 Å². The number of hydrogen-bond acceptors (Lipinski definition) is 3. The SMILES string of the molecule is CCCNCC(=O)Cc1ccn(C2CCCC2)n1. The summed E-state index contributed by atoms with van der Waals surface area (Å²) in [4.78, 5) is 11.7. The summed E-state index contributed by atoms with van der Waals surface area (Å²) in [5.41, 5.74) is 0.908. The lowest BCUT2D eigenvalue weighted by Crippen LogP contribution is -2.25. The largest absolute Gasteiger partial charge is 0.310 e. The Bertz CT molecular complexity index is 380. The minimum Gasteiger partial charge on any atom is -0.310 e. The van der Waals surface area contributed by atoms with Gasteiger partial charge in [0.2, 0.25) is 0 Å². The molecule has 0 spiro atoms. The number of Topliss-reactive ketones (excluding diaryl/α,β-unsaturated/α-hetero) is 1. The van der Waals surface area contributed by atoms with Gasteiger partial charge in [-0.05, 0) is 31.9 Å². The van der Waals surface area contributed by atoms with Crippen LogP contribution in [-0.4, -0.2) is 28.7 Å². The van der Waals surface area contributed by atoms with E-state index in [4.69, 9.17) is 0 Å². The van der Waals surface area contributed by atoms with Crippen LogP contribution in [0.4, 0.5) is 0 Å². The van der Waals surface area contributed by atoms with E-state index in [0.29, 0.717) is 19.0 Å². The highest BCUT2D eigenvalue weighted by Crippen LogP contribution is 2.28. The lowest BCUT2D eigenvalue weighted by atomic mass is 10.2. The molecule has 0 unspecified atom stereocenters. The van der Waals surface area contributed by atoms with Crippen molar-refractivity contribution in [1.82, 2.24) is 15.1 Å². The van der Waals surface area contributed by atoms with Crippen molar-refractivity contribution >= 4 is 5.78 Å². The molecule has 1 saturated carbocycles. The van der Waals surface area contributed by atoms with E-state index in [2.05, 4.69) is 22.0 Å². The van der Waals surface area contributed by atoms with E-state index in [9.17, 15) is 4.79 Å². The van der Waals surface area contributed by atoms with Gasteiger partial charge in [-0.1, -0.05) is 19.8 Å². The molecule has 0 aromatic carbocycles. The normalized spacial score (nSPS) is 16.3. The van der Waals surface area contributed by atoms with Crippen molar-refractivity contribution in [3.8, 4) is 0 Å². The fraction of sp³-hybridized carbons (Fsp3) is 0.714. The highest BCUT2D eigenvalue weighted by molar-refractivity contribution is 5.82. The quantitative estimate of drug-likeness (QED) is 0.753. The minimum atomic E-state index is 0.222. The van der Waals surface area contributed by atoms with Crippen molar-refractivity contribution in [2.24, 2.45) is 0 Å². The van der Waals surface area contributed by atoms with Gasteiger partial charge in [-0.2, -0.15) is 5.10 Å². The van der Waals surface area contributed by atoms with Gasteiger partial charge in [0.05, 0.1) is 24.7 Å². The Morgan fingerprint density at radius 2 is 2.28 bits per heavy atom. The first-order valence-electron chi connectivity index (χ1n) is 7.06. The molecule has 1 heterocycles. The molecular weight excluding hydrogens is 226 g/mol. The Morgan fingerprint density at radius 3 is 3.00 bits per heavy atom. The molecule has 1 aromatic rings. The summed E-state index contributed by atoms with van der Waals surface area (Å²) in [7, 11) is 0. The first-order chi connectivity index (χ1) is 8.79. The Morgan fingerprint density at radius 1 is 1.50 bits per heavy atom. The number of rotatable bonds is 7. The van der Waals surface area contributed by atoms with Gasteiger partial charge in [-0.3, -0.25) is 9.48 Å². The van der Waals surface area contributed by atoms with Gasteiger partial charge in [0, 0.05) is 6.20 Å². The zero-order valence-electron chi connectivity index (χ0n) is 11.2. The molecule has 1 aliphatic rings. The Labute approximate surface area is 109 Å². The van der Waals surface area contributed by atoms with Gasteiger partial charge < -0.3 is 5.32 Å². The number of ketones is 1. The Balaban J connectivity index is 1.80. The maximum absolute atomic E-state index is 11.7. The van der Waals surface area contributed by atoms with Crippen LogP contribution in [0.5, 0.6) is 0 Å². The van der Waals surface area contributed by atoms with Gasteiger partial charge in [-0.15, -0.1) is 0 Å². The second kappa shape index (κ2) is 6.69. The van der Waals surface area contributed by atoms with E-state index in [0.717, 1.165) is 18.7 Å². The molecule has 1 aromatic heterocycles. The van der Waals surface area contributed by atoms with E-state index in [1.165, 1.54) is 25.7 Å². The van der Waals surface area contributed by atoms with Crippen molar-refractivity contribution in [2.45, 2.75) is 51.5 Å². The zero-order valence-corrected chi connectivity index (χ0v) is 11.2. The van der Waals surface area contributed by atoms with Crippen molar-refractivity contribution in [2.75, 3.05) is 13.1 Å². The standard InChI is InChI=1S/C14H23N3O/c1-2-8-15-11-14(18)10-12-7-9-17(16-12)13-5-3-4-6-13/h7,9,13,15H,2-6,8,10-11H2,1H3. The lowest BCUT2D eigenvalue weighted by molar-refractivity contribution is -0.117. The van der Waals surface area contributed by atoms with Crippen molar-refractivity contribution in [3.63, 3.8) is 0 Å². The monoisotopic (exact) mass is 249 g/mol. The first-order valence-corrected chi connectivity index (χ1v) is 7.06. The molecule has 0 radical (unpaired) electrons. The predicted octanol–water partition coefficient (Wildman–Crippen LogP) is 2.11. The molecule has 1 aliphatic carbocycles. The summed E-state index contributed by atoms with van der Waals surface area (Å²) in [6, 6.07) is 2.54. The molecule has 4 heteroatoms. The number of aromatic nitrogens is 2. The molecular formula is C14H23N3O. The third-order valence-corrected chi connectivity index (χ3v) is 3.49. The Kier molecular flexibility index (Phi) is 4.93. The van der Waals surface area contributed by atoms with Gasteiger partial charge in [0.25, 0.3) is 0 Å². The first kappa shape index (κ1) is 13.3. The average Bonchev–Trinajstić information content (AvgIpc) is 2.98. The smallest absolute Gasteiger partial charge is 0.152 e. The highest BCUT2D eigenvalue weighted by atomic mass is 16.1. The molecule has 0 saturated heterocycles. The second-order valence-electron chi connectivity index (χ2n) is 5.12. The van der Waals surface area contributed by atoms with Crippen LogP contribution >= 0.6 is 0 Å². The fourth-order valence-electron chi connectivity index (χ4n) is 2.51. The number of hydrogen-bond donors (Lipinski definition) is 1. The maximum Gasteiger partial charge on any atom is 0.152 e. The predicted molar refractivity (Wildman–Crippen MR) is 71.6 cm³/mol. The van der Waals surface area contributed by atoms with Crippen LogP contribution in [0, 0.1) is 0 Å². The molecule has 0 bridgehead atoms. The van der Waals surface area contributed by atoms with Crippen molar-refractivity contribution in [3.05, 3.63) is 18.0 Å². The molecule has 0 aliphatic heterocycles. The van der Waals surface area contributed by atoms with Crippen LogP contribution < -0.4 is 5.32 Å². The van der Waals surface area contributed by atoms with E-state index in [-0.39, 0.29) is 5.78 Å². The van der Waals surface area contributed by atoms with E-state index in [1.807, 2.05) is 12.3 Å². The number of nitrogens with one attached hydrogen (secondary N) is 1. The zero-order chi connectivity index (χ0) is 12.8. The molecule has 2 rings (SSSR count). The van der Waals surface area contributed by atoms with Crippen LogP contribution in [0.3, 0.4) is 0 Å². The highest BCUT2D eigenvalue weighted by Gasteiger charge is 2.17. The third kappa shape index (κ3) is 3.67. The third-order valence-electron chi connectivity index (χ3n) is 3.49. The summed E-state index contributed by atoms with van der Waals surface area (Å²) in [5, 5.41) is 7.66. The summed E-state index contributed by atoms with van der Waals surface area (Å²) in [6.45, 7) is 3.47. The topological polar surface area (TPSA) is 46.9 Å². The summed E-state index contributed by atoms with van der Waals surface area (Å²) >= 11 is 0. The fourth-order valence-corrected chi connectivity index (χ4v) is 2.51. The van der Waals surface area contributed by atoms with E-state index >= 15 is 0 Å². The van der Waals surface area contributed by atoms with Gasteiger partial charge in [-0.25, -0.2) is 0 Å². The van der Waals surface area contributed by atoms with Crippen molar-refractivity contribution in [1.29, 1.82) is 0 Å². The minimum absolute atomic E-state index is 0.222. The van der Waals surface area contributed by atoms with Gasteiger partial charge in [0.15, 0.2) is 5.78 Å². The van der Waals surface area contributed by atoms with Crippen LogP contribution in [0.15, 0.2) is 12.3 Å². The summed E-state index contributed by atoms with van der Waals surface area (Å²) < 4.78 is 2.05. The molecule has 18 heavy (non-hydrogen) atoms. The van der Waals surface area contributed by atoms with E-state index < -0.39 is 0 Å². The summed E-state index contributed by atoms with van der Waals surface area (Å²) in [6.07, 6.45) is 8.61. The number of nitrogens with zero attached hydrogens (tertiary/aromatic N) is 2.